The normalized spacial score (nSPS) is 11.7. The molecule has 41 heavy (non-hydrogen) atoms. The summed E-state index contributed by atoms with van der Waals surface area (Å²) in [5, 5.41) is 9.25. The van der Waals surface area contributed by atoms with Crippen LogP contribution in [0.3, 0.4) is 0 Å². The molecule has 0 rings (SSSR count). The van der Waals surface area contributed by atoms with Crippen LogP contribution in [0.2, 0.25) is 0 Å². The zero-order valence-corrected chi connectivity index (χ0v) is 29.5. The molecule has 0 fully saturated rings. The predicted octanol–water partition coefficient (Wildman–Crippen LogP) is 6.54. The van der Waals surface area contributed by atoms with Gasteiger partial charge in [0, 0.05) is 12.8 Å². The fourth-order valence-corrected chi connectivity index (χ4v) is 5.50. The lowest BCUT2D eigenvalue weighted by Crippen LogP contribution is -3.00. The summed E-state index contributed by atoms with van der Waals surface area (Å²) in [6, 6.07) is 0. The maximum absolute atomic E-state index is 13.1. The second-order valence-electron chi connectivity index (χ2n) is 12.7. The van der Waals surface area contributed by atoms with Crippen molar-refractivity contribution in [1.29, 1.82) is 0 Å². The van der Waals surface area contributed by atoms with Crippen LogP contribution in [0, 0.1) is 5.92 Å². The van der Waals surface area contributed by atoms with Crippen molar-refractivity contribution in [2.75, 3.05) is 33.9 Å². The monoisotopic (exact) mass is 647 g/mol. The fourth-order valence-electron chi connectivity index (χ4n) is 5.50. The maximum atomic E-state index is 13.1. The van der Waals surface area contributed by atoms with E-state index < -0.39 is 5.92 Å². The van der Waals surface area contributed by atoms with Crippen LogP contribution in [0.25, 0.3) is 0 Å². The number of aliphatic hydroxyl groups excluding tert-OH is 1. The van der Waals surface area contributed by atoms with Crippen molar-refractivity contribution in [3.05, 3.63) is 0 Å². The van der Waals surface area contributed by atoms with Gasteiger partial charge in [-0.05, 0) is 19.3 Å². The van der Waals surface area contributed by atoms with Gasteiger partial charge < -0.3 is 22.1 Å². The number of hydroxylamine groups is 3. The lowest BCUT2D eigenvalue weighted by molar-refractivity contribution is -1.08. The topological polar surface area (TPSA) is 63.6 Å². The summed E-state index contributed by atoms with van der Waals surface area (Å²) in [4.78, 5) is 32.1. The van der Waals surface area contributed by atoms with E-state index in [1.807, 2.05) is 14.1 Å². The number of hydrogen-bond donors (Lipinski definition) is 1. The van der Waals surface area contributed by atoms with Crippen molar-refractivity contribution in [2.45, 2.75) is 174 Å². The fraction of sp³-hybridized carbons (Fsp3) is 0.943. The predicted molar refractivity (Wildman–Crippen MR) is 170 cm³/mol. The first-order valence-electron chi connectivity index (χ1n) is 17.5. The minimum Gasteiger partial charge on any atom is -1.00 e. The molecule has 0 saturated carbocycles. The quantitative estimate of drug-likeness (QED) is 0.0390. The van der Waals surface area contributed by atoms with Gasteiger partial charge in [-0.2, -0.15) is 4.65 Å². The Morgan fingerprint density at radius 2 is 0.902 bits per heavy atom. The van der Waals surface area contributed by atoms with E-state index >= 15 is 0 Å². The van der Waals surface area contributed by atoms with E-state index in [-0.39, 0.29) is 39.8 Å². The van der Waals surface area contributed by atoms with E-state index in [2.05, 4.69) is 13.8 Å². The summed E-state index contributed by atoms with van der Waals surface area (Å²) in [6.07, 6.45) is 29.2. The number of rotatable bonds is 32. The molecule has 5 nitrogen and oxygen atoms in total. The highest BCUT2D eigenvalue weighted by Gasteiger charge is 2.27. The number of quaternary nitrogens is 1. The molecule has 6 heteroatoms. The second-order valence-corrected chi connectivity index (χ2v) is 12.7. The van der Waals surface area contributed by atoms with Crippen LogP contribution >= 0.6 is 0 Å². The van der Waals surface area contributed by atoms with E-state index in [0.717, 1.165) is 25.7 Å². The highest BCUT2D eigenvalue weighted by Crippen LogP contribution is 2.19. The highest BCUT2D eigenvalue weighted by atomic mass is 79.9. The Bertz CT molecular complexity index is 547. The van der Waals surface area contributed by atoms with Crippen LogP contribution in [0.5, 0.6) is 0 Å². The van der Waals surface area contributed by atoms with Crippen LogP contribution < -0.4 is 17.0 Å². The van der Waals surface area contributed by atoms with E-state index in [9.17, 15) is 14.7 Å². The van der Waals surface area contributed by atoms with Crippen molar-refractivity contribution in [1.82, 2.24) is 0 Å². The number of hydrogen-bond acceptors (Lipinski definition) is 4. The summed E-state index contributed by atoms with van der Waals surface area (Å²) in [5.41, 5.74) is 0. The average molecular weight is 649 g/mol. The Labute approximate surface area is 266 Å². The Morgan fingerprint density at radius 1 is 0.585 bits per heavy atom. The van der Waals surface area contributed by atoms with E-state index in [4.69, 9.17) is 4.84 Å². The van der Waals surface area contributed by atoms with Crippen LogP contribution in [0.4, 0.5) is 0 Å². The van der Waals surface area contributed by atoms with Gasteiger partial charge in [0.15, 0.2) is 0 Å². The largest absolute Gasteiger partial charge is 1.00 e. The highest BCUT2D eigenvalue weighted by molar-refractivity contribution is 6.02. The standard InChI is InChI=1S/C35H70NO4.BrH/c1-5-7-9-11-13-15-17-19-21-23-25-27-34(38)33(29-32-40-36(3,4)30-31-37)35(39)28-26-24-22-20-18-16-14-12-10-8-6-2;/h33,37H,5-32H2,1-4H3;1H/q+1;/p-1. The SMILES string of the molecule is CCCCCCCCCCCCCC(=O)C(CCO[N+](C)(C)CCO)C(=O)CCCCCCCCCCCCC.[Br-]. The molecule has 0 aromatic rings. The zero-order chi connectivity index (χ0) is 29.7. The molecule has 0 amide bonds. The molecule has 0 heterocycles. The second kappa shape index (κ2) is 31.1. The van der Waals surface area contributed by atoms with Crippen molar-refractivity contribution in [2.24, 2.45) is 5.92 Å². The molecule has 0 radical (unpaired) electrons. The van der Waals surface area contributed by atoms with Gasteiger partial charge in [0.1, 0.15) is 24.7 Å². The van der Waals surface area contributed by atoms with Gasteiger partial charge >= 0.3 is 0 Å². The number of Topliss-reactive ketones (excluding diaryl/α,β-unsaturated/α-hetero) is 2. The molecule has 0 bridgehead atoms. The summed E-state index contributed by atoms with van der Waals surface area (Å²) < 4.78 is 0.239. The first-order valence-corrected chi connectivity index (χ1v) is 17.5. The van der Waals surface area contributed by atoms with E-state index in [0.29, 0.717) is 32.4 Å². The van der Waals surface area contributed by atoms with Crippen LogP contribution in [0.15, 0.2) is 0 Å². The van der Waals surface area contributed by atoms with Crippen LogP contribution in [0.1, 0.15) is 174 Å². The summed E-state index contributed by atoms with van der Waals surface area (Å²) in [6.45, 7) is 5.42. The number of carbonyl (C=O) groups is 2. The molecule has 0 aliphatic carbocycles. The first-order chi connectivity index (χ1) is 19.4. The van der Waals surface area contributed by atoms with Gasteiger partial charge in [0.05, 0.1) is 26.6 Å². The molecular weight excluding hydrogens is 578 g/mol. The van der Waals surface area contributed by atoms with Gasteiger partial charge in [-0.25, -0.2) is 4.84 Å². The Balaban J connectivity index is 0. The number of nitrogens with zero attached hydrogens (tertiary/aromatic N) is 1. The number of carbonyl (C=O) groups excluding carboxylic acids is 2. The van der Waals surface area contributed by atoms with Crippen molar-refractivity contribution >= 4 is 11.6 Å². The van der Waals surface area contributed by atoms with E-state index in [1.54, 1.807) is 0 Å². The van der Waals surface area contributed by atoms with Gasteiger partial charge in [-0.3, -0.25) is 9.59 Å². The molecule has 0 aromatic carbocycles. The maximum Gasteiger partial charge on any atom is 0.143 e. The van der Waals surface area contributed by atoms with Crippen molar-refractivity contribution in [3.8, 4) is 0 Å². The molecule has 0 saturated heterocycles. The Kier molecular flexibility index (Phi) is 32.5. The molecule has 0 aliphatic heterocycles. The summed E-state index contributed by atoms with van der Waals surface area (Å²) in [5.74, 6) is -0.305. The minimum atomic E-state index is -0.527. The Morgan fingerprint density at radius 3 is 1.22 bits per heavy atom. The molecule has 0 unspecified atom stereocenters. The lowest BCUT2D eigenvalue weighted by Gasteiger charge is -2.26. The molecule has 0 aliphatic rings. The molecule has 0 aromatic heterocycles. The third-order valence-electron chi connectivity index (χ3n) is 8.32. The average Bonchev–Trinajstić information content (AvgIpc) is 2.92. The van der Waals surface area contributed by atoms with Crippen molar-refractivity contribution in [3.63, 3.8) is 0 Å². The Hall–Kier alpha value is -0.300. The molecule has 0 atom stereocenters. The van der Waals surface area contributed by atoms with Gasteiger partial charge in [0.25, 0.3) is 0 Å². The molecule has 0 spiro atoms. The van der Waals surface area contributed by atoms with Crippen LogP contribution in [-0.2, 0) is 14.4 Å². The summed E-state index contributed by atoms with van der Waals surface area (Å²) >= 11 is 0. The zero-order valence-electron chi connectivity index (χ0n) is 27.9. The van der Waals surface area contributed by atoms with Crippen molar-refractivity contribution < 1.29 is 41.2 Å². The lowest BCUT2D eigenvalue weighted by atomic mass is 9.89. The van der Waals surface area contributed by atoms with Crippen LogP contribution in [-0.4, -0.2) is 55.2 Å². The van der Waals surface area contributed by atoms with Gasteiger partial charge in [-0.15, -0.1) is 0 Å². The number of halogens is 1. The van der Waals surface area contributed by atoms with E-state index in [1.165, 1.54) is 116 Å². The number of likely N-dealkylation sites (N-methyl/N-ethyl adjacent to an activating group) is 1. The minimum absolute atomic E-state index is 0. The number of ketones is 2. The molecule has 246 valence electrons. The third-order valence-corrected chi connectivity index (χ3v) is 8.32. The van der Waals surface area contributed by atoms with Gasteiger partial charge in [-0.1, -0.05) is 142 Å². The number of aliphatic hydroxyl groups is 1. The van der Waals surface area contributed by atoms with Gasteiger partial charge in [0.2, 0.25) is 0 Å². The number of unbranched alkanes of at least 4 members (excludes halogenated alkanes) is 20. The summed E-state index contributed by atoms with van der Waals surface area (Å²) in [7, 11) is 3.79. The smallest absolute Gasteiger partial charge is 0.143 e. The molecular formula is C35H70BrNO4. The molecule has 1 N–H and O–H groups in total. The third kappa shape index (κ3) is 28.2. The first kappa shape index (κ1) is 42.8.